The minimum Gasteiger partial charge on any atom is -0.511 e. The number of aliphatic carboxylic acids is 3. The van der Waals surface area contributed by atoms with Gasteiger partial charge < -0.3 is 24.5 Å². The minimum atomic E-state index is -3.78. The molecule has 0 heterocycles. The highest BCUT2D eigenvalue weighted by atomic mass is 28.3. The summed E-state index contributed by atoms with van der Waals surface area (Å²) in [5, 5.41) is 25.5. The van der Waals surface area contributed by atoms with Gasteiger partial charge in [0.1, 0.15) is 0 Å². The monoisotopic (exact) mass is 252 g/mol. The zero-order chi connectivity index (χ0) is 12.9. The van der Waals surface area contributed by atoms with Crippen LogP contribution in [0.4, 0.5) is 0 Å². The van der Waals surface area contributed by atoms with Crippen molar-refractivity contribution >= 4 is 27.1 Å². The normalized spacial score (nSPS) is 10.5. The van der Waals surface area contributed by atoms with Crippen LogP contribution >= 0.6 is 0 Å². The number of carboxylic acids is 3. The van der Waals surface area contributed by atoms with Crippen molar-refractivity contribution in [3.05, 3.63) is 0 Å². The fourth-order valence-corrected chi connectivity index (χ4v) is 1.55. The molecule has 16 heavy (non-hydrogen) atoms. The van der Waals surface area contributed by atoms with Gasteiger partial charge in [0.2, 0.25) is 5.60 Å². The molecule has 0 aromatic heterocycles. The van der Waals surface area contributed by atoms with E-state index < -0.39 is 45.5 Å². The molecule has 0 bridgehead atoms. The summed E-state index contributed by atoms with van der Waals surface area (Å²) in [5.41, 5.74) is -2.73. The van der Waals surface area contributed by atoms with Crippen LogP contribution in [0.2, 0.25) is 0 Å². The van der Waals surface area contributed by atoms with E-state index in [4.69, 9.17) is 20.1 Å². The number of hydrogen-bond donors (Lipinski definition) is 4. The molecule has 0 atom stereocenters. The van der Waals surface area contributed by atoms with Crippen molar-refractivity contribution in [2.24, 2.45) is 0 Å². The van der Waals surface area contributed by atoms with Gasteiger partial charge in [-0.1, -0.05) is 0 Å². The molecule has 0 amide bonds. The molecular weight excluding hydrogens is 244 g/mol. The predicted octanol–water partition coefficient (Wildman–Crippen LogP) is -1.82. The molecule has 0 aliphatic carbocycles. The van der Waals surface area contributed by atoms with Crippen molar-refractivity contribution < 1.29 is 43.4 Å². The Bertz CT molecular complexity index is 294. The molecule has 0 aliphatic rings. The van der Waals surface area contributed by atoms with Crippen molar-refractivity contribution in [1.29, 1.82) is 0 Å². The van der Waals surface area contributed by atoms with E-state index in [0.717, 1.165) is 0 Å². The van der Waals surface area contributed by atoms with Crippen LogP contribution in [0.3, 0.4) is 0 Å². The quantitative estimate of drug-likeness (QED) is 0.383. The third kappa shape index (κ3) is 4.04. The van der Waals surface area contributed by atoms with Crippen molar-refractivity contribution in [3.8, 4) is 0 Å². The number of carboxylic acid groups (broad SMARTS) is 3. The first-order valence-corrected chi connectivity index (χ1v) is 5.05. The maximum Gasteiger partial charge on any atom is 0.765 e. The molecule has 0 aromatic rings. The van der Waals surface area contributed by atoms with Crippen LogP contribution in [-0.2, 0) is 23.3 Å². The van der Waals surface area contributed by atoms with E-state index in [1.165, 1.54) is 0 Å². The van der Waals surface area contributed by atoms with Crippen molar-refractivity contribution in [1.82, 2.24) is 0 Å². The Morgan fingerprint density at radius 1 is 1.06 bits per heavy atom. The third-order valence-electron chi connectivity index (χ3n) is 1.55. The Hall–Kier alpha value is -1.97. The van der Waals surface area contributed by atoms with Crippen LogP contribution in [0.5, 0.6) is 0 Å². The van der Waals surface area contributed by atoms with E-state index >= 15 is 0 Å². The highest BCUT2D eigenvalue weighted by molar-refractivity contribution is 6.25. The zero-order valence-corrected chi connectivity index (χ0v) is 8.74. The molecule has 0 aliphatic heterocycles. The summed E-state index contributed by atoms with van der Waals surface area (Å²) in [5.74, 6) is -5.25. The van der Waals surface area contributed by atoms with Gasteiger partial charge in [-0.25, -0.2) is 4.79 Å². The molecule has 10 heteroatoms. The van der Waals surface area contributed by atoms with Gasteiger partial charge in [-0.3, -0.25) is 14.1 Å². The number of hydrogen-bond acceptors (Lipinski definition) is 5. The molecule has 0 unspecified atom stereocenters. The number of rotatable bonds is 7. The molecule has 90 valence electrons. The van der Waals surface area contributed by atoms with Gasteiger partial charge in [-0.15, -0.1) is 0 Å². The van der Waals surface area contributed by atoms with Gasteiger partial charge in [-0.05, 0) is 0 Å². The van der Waals surface area contributed by atoms with Gasteiger partial charge >= 0.3 is 27.1 Å². The van der Waals surface area contributed by atoms with Gasteiger partial charge in [0.15, 0.2) is 0 Å². The molecule has 0 spiro atoms. The van der Waals surface area contributed by atoms with E-state index in [0.29, 0.717) is 0 Å². The molecule has 4 N–H and O–H groups in total. The fraction of sp³-hybridized carbons (Fsp3) is 0.500. The SMILES string of the molecule is O=C(O)CC(CC(=O)O)(O[Si](=O)O)C(=O)O. The third-order valence-corrected chi connectivity index (χ3v) is 2.11. The maximum atomic E-state index is 10.7. The van der Waals surface area contributed by atoms with Crippen molar-refractivity contribution in [2.75, 3.05) is 0 Å². The van der Waals surface area contributed by atoms with Crippen LogP contribution in [0.15, 0.2) is 0 Å². The summed E-state index contributed by atoms with van der Waals surface area (Å²) in [7, 11) is -3.78. The minimum absolute atomic E-state index is 1.23. The molecule has 0 saturated heterocycles. The van der Waals surface area contributed by atoms with Crippen molar-refractivity contribution in [3.63, 3.8) is 0 Å². The summed E-state index contributed by atoms with van der Waals surface area (Å²) < 4.78 is 14.5. The largest absolute Gasteiger partial charge is 0.765 e. The first-order chi connectivity index (χ1) is 7.19. The molecule has 0 rings (SSSR count). The maximum absolute atomic E-state index is 10.7. The Morgan fingerprint density at radius 2 is 1.44 bits per heavy atom. The smallest absolute Gasteiger partial charge is 0.511 e. The molecule has 0 fully saturated rings. The Morgan fingerprint density at radius 3 is 1.62 bits per heavy atom. The first kappa shape index (κ1) is 14.0. The second kappa shape index (κ2) is 5.20. The first-order valence-electron chi connectivity index (χ1n) is 3.78. The number of carbonyl (C=O) groups is 3. The standard InChI is InChI=1S/C6H8O9Si/c7-3(8)1-6(5(11)12,2-4(9)10)15-16(13)14/h13H,1-2H2,(H,7,8)(H,9,10)(H,11,12). The average molecular weight is 252 g/mol. The Labute approximate surface area is 89.8 Å². The molecule has 0 radical (unpaired) electrons. The van der Waals surface area contributed by atoms with E-state index in [1.807, 2.05) is 0 Å². The zero-order valence-electron chi connectivity index (χ0n) is 7.74. The lowest BCUT2D eigenvalue weighted by Crippen LogP contribution is -2.47. The fourth-order valence-electron chi connectivity index (χ4n) is 0.985. The summed E-state index contributed by atoms with van der Waals surface area (Å²) in [6.07, 6.45) is -2.46. The van der Waals surface area contributed by atoms with Gasteiger partial charge in [0, 0.05) is 0 Å². The van der Waals surface area contributed by atoms with E-state index in [-0.39, 0.29) is 0 Å². The highest BCUT2D eigenvalue weighted by Crippen LogP contribution is 2.21. The van der Waals surface area contributed by atoms with E-state index in [1.54, 1.807) is 0 Å². The molecule has 0 saturated carbocycles. The van der Waals surface area contributed by atoms with Gasteiger partial charge in [-0.2, -0.15) is 0 Å². The summed E-state index contributed by atoms with van der Waals surface area (Å²) in [6.45, 7) is 0. The van der Waals surface area contributed by atoms with Crippen LogP contribution in [0, 0.1) is 0 Å². The van der Waals surface area contributed by atoms with Crippen LogP contribution in [0.1, 0.15) is 12.8 Å². The second-order valence-corrected chi connectivity index (χ2v) is 3.54. The highest BCUT2D eigenvalue weighted by Gasteiger charge is 2.47. The molecular formula is C6H8O9Si. The van der Waals surface area contributed by atoms with E-state index in [9.17, 15) is 18.8 Å². The topological polar surface area (TPSA) is 158 Å². The molecule has 0 aromatic carbocycles. The Balaban J connectivity index is 5.19. The van der Waals surface area contributed by atoms with Crippen molar-refractivity contribution in [2.45, 2.75) is 18.4 Å². The van der Waals surface area contributed by atoms with Gasteiger partial charge in [0.05, 0.1) is 12.8 Å². The van der Waals surface area contributed by atoms with Crippen LogP contribution < -0.4 is 0 Å². The summed E-state index contributed by atoms with van der Waals surface area (Å²) in [6, 6.07) is 0. The van der Waals surface area contributed by atoms with Gasteiger partial charge in [0.25, 0.3) is 0 Å². The lowest BCUT2D eigenvalue weighted by atomic mass is 9.96. The predicted molar refractivity (Wildman–Crippen MR) is 44.6 cm³/mol. The molecule has 9 nitrogen and oxygen atoms in total. The average Bonchev–Trinajstić information content (AvgIpc) is 1.98. The Kier molecular flexibility index (Phi) is 4.56. The lowest BCUT2D eigenvalue weighted by Gasteiger charge is -2.24. The summed E-state index contributed by atoms with van der Waals surface area (Å²) >= 11 is 0. The van der Waals surface area contributed by atoms with Crippen LogP contribution in [-0.4, -0.2) is 52.8 Å². The lowest BCUT2D eigenvalue weighted by molar-refractivity contribution is -0.169. The van der Waals surface area contributed by atoms with E-state index in [2.05, 4.69) is 4.43 Å². The van der Waals surface area contributed by atoms with Crippen LogP contribution in [0.25, 0.3) is 0 Å². The summed E-state index contributed by atoms with van der Waals surface area (Å²) in [4.78, 5) is 39.9. The second-order valence-electron chi connectivity index (χ2n) is 2.81.